The fourth-order valence-corrected chi connectivity index (χ4v) is 2.11. The number of nitrogen functional groups attached to an aromatic ring is 1. The molecule has 1 aromatic heterocycles. The lowest BCUT2D eigenvalue weighted by Crippen LogP contribution is -2.38. The van der Waals surface area contributed by atoms with E-state index < -0.39 is 11.7 Å². The quantitative estimate of drug-likeness (QED) is 0.847. The van der Waals surface area contributed by atoms with Crippen molar-refractivity contribution in [1.82, 2.24) is 9.88 Å². The third-order valence-corrected chi connectivity index (χ3v) is 3.03. The molecule has 0 aromatic carbocycles. The second-order valence-electron chi connectivity index (χ2n) is 5.83. The van der Waals surface area contributed by atoms with Crippen LogP contribution in [0.15, 0.2) is 18.3 Å². The Morgan fingerprint density at radius 3 is 2.70 bits per heavy atom. The molecule has 0 bridgehead atoms. The number of aromatic nitrogens is 1. The molecule has 0 saturated carbocycles. The molecule has 2 rings (SSSR count). The third kappa shape index (κ3) is 3.07. The summed E-state index contributed by atoms with van der Waals surface area (Å²) in [6.45, 7) is 5.68. The zero-order valence-corrected chi connectivity index (χ0v) is 11.9. The predicted molar refractivity (Wildman–Crippen MR) is 74.0 cm³/mol. The van der Waals surface area contributed by atoms with Crippen molar-refractivity contribution in [2.24, 2.45) is 0 Å². The molecule has 1 aliphatic rings. The molecule has 0 radical (unpaired) electrons. The van der Waals surface area contributed by atoms with Crippen molar-refractivity contribution >= 4 is 17.8 Å². The number of imide groups is 1. The number of amides is 2. The minimum Gasteiger partial charge on any atom is -0.443 e. The molecule has 1 unspecified atom stereocenters. The number of rotatable bonds is 1. The van der Waals surface area contributed by atoms with Gasteiger partial charge in [-0.1, -0.05) is 6.07 Å². The Labute approximate surface area is 117 Å². The van der Waals surface area contributed by atoms with E-state index in [1.54, 1.807) is 39.1 Å². The molecule has 108 valence electrons. The fourth-order valence-electron chi connectivity index (χ4n) is 2.11. The summed E-state index contributed by atoms with van der Waals surface area (Å²) < 4.78 is 5.23. The standard InChI is InChI=1S/C14H19N3O3/c1-14(2,3)20-13(19)17-7-6-10(12(17)18)9-4-5-11(15)16-8-9/h4-5,8,10H,6-7H2,1-3H3,(H2,15,16). The van der Waals surface area contributed by atoms with Gasteiger partial charge in [0, 0.05) is 12.7 Å². The number of carbonyl (C=O) groups is 2. The lowest BCUT2D eigenvalue weighted by Gasteiger charge is -2.23. The van der Waals surface area contributed by atoms with Crippen LogP contribution in [0.2, 0.25) is 0 Å². The summed E-state index contributed by atoms with van der Waals surface area (Å²) in [5, 5.41) is 0. The maximum absolute atomic E-state index is 12.3. The Balaban J connectivity index is 2.09. The number of ether oxygens (including phenoxy) is 1. The van der Waals surface area contributed by atoms with Crippen LogP contribution >= 0.6 is 0 Å². The molecule has 0 spiro atoms. The van der Waals surface area contributed by atoms with Crippen LogP contribution in [0.3, 0.4) is 0 Å². The Bertz CT molecular complexity index is 519. The molecule has 1 saturated heterocycles. The highest BCUT2D eigenvalue weighted by Gasteiger charge is 2.38. The number of hydrogen-bond acceptors (Lipinski definition) is 5. The Morgan fingerprint density at radius 2 is 2.15 bits per heavy atom. The molecule has 1 aromatic rings. The minimum absolute atomic E-state index is 0.245. The van der Waals surface area contributed by atoms with E-state index >= 15 is 0 Å². The first-order chi connectivity index (χ1) is 9.28. The van der Waals surface area contributed by atoms with Crippen molar-refractivity contribution in [2.75, 3.05) is 12.3 Å². The molecular weight excluding hydrogens is 258 g/mol. The normalized spacial score (nSPS) is 19.2. The van der Waals surface area contributed by atoms with E-state index in [2.05, 4.69) is 4.98 Å². The molecule has 2 heterocycles. The van der Waals surface area contributed by atoms with Gasteiger partial charge in [0.1, 0.15) is 11.4 Å². The summed E-state index contributed by atoms with van der Waals surface area (Å²) in [5.74, 6) is -0.190. The van der Waals surface area contributed by atoms with Crippen LogP contribution in [-0.4, -0.2) is 34.0 Å². The van der Waals surface area contributed by atoms with E-state index in [1.165, 1.54) is 0 Å². The highest BCUT2D eigenvalue weighted by molar-refractivity contribution is 5.97. The molecule has 1 atom stereocenters. The van der Waals surface area contributed by atoms with Gasteiger partial charge in [0.05, 0.1) is 5.92 Å². The highest BCUT2D eigenvalue weighted by Crippen LogP contribution is 2.29. The summed E-state index contributed by atoms with van der Waals surface area (Å²) >= 11 is 0. The molecule has 1 fully saturated rings. The lowest BCUT2D eigenvalue weighted by molar-refractivity contribution is -0.128. The van der Waals surface area contributed by atoms with Crippen LogP contribution < -0.4 is 5.73 Å². The number of hydrogen-bond donors (Lipinski definition) is 1. The fraction of sp³-hybridized carbons (Fsp3) is 0.500. The number of nitrogens with two attached hydrogens (primary N) is 1. The second-order valence-corrected chi connectivity index (χ2v) is 5.83. The Hall–Kier alpha value is -2.11. The van der Waals surface area contributed by atoms with E-state index in [4.69, 9.17) is 10.5 Å². The van der Waals surface area contributed by atoms with E-state index in [0.29, 0.717) is 18.8 Å². The first kappa shape index (κ1) is 14.3. The average Bonchev–Trinajstić information content (AvgIpc) is 2.70. The number of likely N-dealkylation sites (tertiary alicyclic amines) is 1. The lowest BCUT2D eigenvalue weighted by atomic mass is 10.00. The van der Waals surface area contributed by atoms with Gasteiger partial charge in [0.25, 0.3) is 0 Å². The van der Waals surface area contributed by atoms with E-state index in [0.717, 1.165) is 10.5 Å². The summed E-state index contributed by atoms with van der Waals surface area (Å²) in [6.07, 6.45) is 1.56. The molecule has 2 amide bonds. The SMILES string of the molecule is CC(C)(C)OC(=O)N1CCC(c2ccc(N)nc2)C1=O. The summed E-state index contributed by atoms with van der Waals surface area (Å²) in [7, 11) is 0. The molecule has 1 aliphatic heterocycles. The molecule has 6 heteroatoms. The van der Waals surface area contributed by atoms with Crippen molar-refractivity contribution in [3.8, 4) is 0 Å². The van der Waals surface area contributed by atoms with Crippen LogP contribution in [0.1, 0.15) is 38.7 Å². The smallest absolute Gasteiger partial charge is 0.417 e. The van der Waals surface area contributed by atoms with Crippen LogP contribution in [0, 0.1) is 0 Å². The first-order valence-corrected chi connectivity index (χ1v) is 6.54. The van der Waals surface area contributed by atoms with Gasteiger partial charge in [0.2, 0.25) is 5.91 Å². The average molecular weight is 277 g/mol. The summed E-state index contributed by atoms with van der Waals surface area (Å²) in [4.78, 5) is 29.4. The zero-order valence-electron chi connectivity index (χ0n) is 11.9. The number of pyridine rings is 1. The predicted octanol–water partition coefficient (Wildman–Crippen LogP) is 1.91. The maximum Gasteiger partial charge on any atom is 0.417 e. The van der Waals surface area contributed by atoms with Gasteiger partial charge < -0.3 is 10.5 Å². The minimum atomic E-state index is -0.613. The van der Waals surface area contributed by atoms with Crippen molar-refractivity contribution < 1.29 is 14.3 Å². The first-order valence-electron chi connectivity index (χ1n) is 6.54. The van der Waals surface area contributed by atoms with Gasteiger partial charge in [0.15, 0.2) is 0 Å². The number of nitrogens with zero attached hydrogens (tertiary/aromatic N) is 2. The van der Waals surface area contributed by atoms with Crippen LogP contribution in [-0.2, 0) is 9.53 Å². The molecule has 6 nitrogen and oxygen atoms in total. The van der Waals surface area contributed by atoms with Gasteiger partial charge in [-0.3, -0.25) is 4.79 Å². The molecular formula is C14H19N3O3. The monoisotopic (exact) mass is 277 g/mol. The Kier molecular flexibility index (Phi) is 3.65. The van der Waals surface area contributed by atoms with Crippen LogP contribution in [0.4, 0.5) is 10.6 Å². The second kappa shape index (κ2) is 5.11. The van der Waals surface area contributed by atoms with Crippen molar-refractivity contribution in [3.63, 3.8) is 0 Å². The van der Waals surface area contributed by atoms with Gasteiger partial charge in [-0.25, -0.2) is 14.7 Å². The number of anilines is 1. The molecule has 20 heavy (non-hydrogen) atoms. The van der Waals surface area contributed by atoms with Crippen LogP contribution in [0.25, 0.3) is 0 Å². The van der Waals surface area contributed by atoms with Gasteiger partial charge >= 0.3 is 6.09 Å². The van der Waals surface area contributed by atoms with E-state index in [9.17, 15) is 9.59 Å². The third-order valence-electron chi connectivity index (χ3n) is 3.03. The van der Waals surface area contributed by atoms with Crippen LogP contribution in [0.5, 0.6) is 0 Å². The van der Waals surface area contributed by atoms with Gasteiger partial charge in [-0.15, -0.1) is 0 Å². The van der Waals surface area contributed by atoms with Gasteiger partial charge in [-0.05, 0) is 38.8 Å². The van der Waals surface area contributed by atoms with Crippen molar-refractivity contribution in [1.29, 1.82) is 0 Å². The Morgan fingerprint density at radius 1 is 1.45 bits per heavy atom. The molecule has 0 aliphatic carbocycles. The highest BCUT2D eigenvalue weighted by atomic mass is 16.6. The van der Waals surface area contributed by atoms with Crippen molar-refractivity contribution in [2.45, 2.75) is 38.7 Å². The summed E-state index contributed by atoms with van der Waals surface area (Å²) in [6, 6.07) is 3.42. The number of carbonyl (C=O) groups excluding carboxylic acids is 2. The van der Waals surface area contributed by atoms with E-state index in [1.807, 2.05) is 0 Å². The molecule has 2 N–H and O–H groups in total. The largest absolute Gasteiger partial charge is 0.443 e. The summed E-state index contributed by atoms with van der Waals surface area (Å²) in [5.41, 5.74) is 5.68. The maximum atomic E-state index is 12.3. The van der Waals surface area contributed by atoms with Gasteiger partial charge in [-0.2, -0.15) is 0 Å². The topological polar surface area (TPSA) is 85.5 Å². The van der Waals surface area contributed by atoms with Crippen molar-refractivity contribution in [3.05, 3.63) is 23.9 Å². The zero-order chi connectivity index (χ0) is 14.9. The van der Waals surface area contributed by atoms with E-state index in [-0.39, 0.29) is 11.8 Å².